The lowest BCUT2D eigenvalue weighted by molar-refractivity contribution is -0.140. The Morgan fingerprint density at radius 2 is 1.90 bits per heavy atom. The van der Waals surface area contributed by atoms with Crippen molar-refractivity contribution in [2.75, 3.05) is 26.7 Å². The van der Waals surface area contributed by atoms with Gasteiger partial charge >= 0.3 is 5.97 Å². The van der Waals surface area contributed by atoms with Gasteiger partial charge < -0.3 is 25.2 Å². The lowest BCUT2D eigenvalue weighted by atomic mass is 10.1. The Hall–Kier alpha value is -1.55. The molecule has 8 heteroatoms. The minimum absolute atomic E-state index is 0. The van der Waals surface area contributed by atoms with E-state index >= 15 is 0 Å². The zero-order valence-electron chi connectivity index (χ0n) is 18.6. The van der Waals surface area contributed by atoms with E-state index in [4.69, 9.17) is 4.74 Å². The van der Waals surface area contributed by atoms with Gasteiger partial charge in [0.15, 0.2) is 5.96 Å². The highest BCUT2D eigenvalue weighted by molar-refractivity contribution is 14.0. The Morgan fingerprint density at radius 1 is 1.17 bits per heavy atom. The monoisotopic (exact) mass is 535 g/mol. The van der Waals surface area contributed by atoms with E-state index < -0.39 is 6.10 Å². The van der Waals surface area contributed by atoms with E-state index in [1.807, 2.05) is 45.0 Å². The van der Waals surface area contributed by atoms with Crippen LogP contribution < -0.4 is 15.4 Å². The van der Waals surface area contributed by atoms with Crippen molar-refractivity contribution in [3.63, 3.8) is 0 Å². The summed E-state index contributed by atoms with van der Waals surface area (Å²) in [6.45, 7) is 7.76. The van der Waals surface area contributed by atoms with Crippen LogP contribution in [0, 0.1) is 0 Å². The van der Waals surface area contributed by atoms with Crippen LogP contribution in [0.15, 0.2) is 29.3 Å². The highest BCUT2D eigenvalue weighted by Gasteiger charge is 2.09. The maximum Gasteiger partial charge on any atom is 0.305 e. The largest absolute Gasteiger partial charge is 0.491 e. The van der Waals surface area contributed by atoms with E-state index in [0.29, 0.717) is 12.4 Å². The van der Waals surface area contributed by atoms with Crippen molar-refractivity contribution in [2.24, 2.45) is 4.99 Å². The quantitative estimate of drug-likeness (QED) is 0.117. The van der Waals surface area contributed by atoms with Crippen LogP contribution in [0.2, 0.25) is 0 Å². The SMILES string of the molecule is CCNC(=NCC(O)c1cccc(OC(C)C)c1)NCCCCCCC(=O)OC.I. The summed E-state index contributed by atoms with van der Waals surface area (Å²) in [5.41, 5.74) is 0.786. The average molecular weight is 535 g/mol. The second kappa shape index (κ2) is 17.2. The van der Waals surface area contributed by atoms with E-state index in [9.17, 15) is 9.90 Å². The zero-order valence-corrected chi connectivity index (χ0v) is 21.0. The molecule has 7 nitrogen and oxygen atoms in total. The summed E-state index contributed by atoms with van der Waals surface area (Å²) in [7, 11) is 1.42. The van der Waals surface area contributed by atoms with Crippen molar-refractivity contribution in [3.05, 3.63) is 29.8 Å². The van der Waals surface area contributed by atoms with E-state index in [2.05, 4.69) is 20.4 Å². The van der Waals surface area contributed by atoms with Gasteiger partial charge in [-0.15, -0.1) is 24.0 Å². The molecule has 1 aromatic rings. The number of nitrogens with zero attached hydrogens (tertiary/aromatic N) is 1. The number of benzene rings is 1. The normalized spacial score (nSPS) is 12.1. The first-order chi connectivity index (χ1) is 14.0. The Labute approximate surface area is 198 Å². The molecule has 0 saturated heterocycles. The molecular formula is C22H38IN3O4. The van der Waals surface area contributed by atoms with E-state index in [1.54, 1.807) is 0 Å². The zero-order chi connectivity index (χ0) is 21.5. The standard InChI is InChI=1S/C22H37N3O4.HI/c1-5-23-22(24-14-9-7-6-8-13-21(27)28-4)25-16-20(26)18-11-10-12-19(15-18)29-17(2)3;/h10-12,15,17,20,26H,5-9,13-14,16H2,1-4H3,(H2,23,24,25);1H. The van der Waals surface area contributed by atoms with Crippen LogP contribution in [0.4, 0.5) is 0 Å². The van der Waals surface area contributed by atoms with Gasteiger partial charge in [0, 0.05) is 19.5 Å². The second-order valence-corrected chi connectivity index (χ2v) is 7.14. The third kappa shape index (κ3) is 12.9. The van der Waals surface area contributed by atoms with Gasteiger partial charge in [-0.3, -0.25) is 9.79 Å². The van der Waals surface area contributed by atoms with Gasteiger partial charge in [-0.2, -0.15) is 0 Å². The lowest BCUT2D eigenvalue weighted by Crippen LogP contribution is -2.38. The number of hydrogen-bond donors (Lipinski definition) is 3. The predicted octanol–water partition coefficient (Wildman–Crippen LogP) is 3.80. The van der Waals surface area contributed by atoms with E-state index in [0.717, 1.165) is 50.1 Å². The molecule has 0 aromatic heterocycles. The smallest absolute Gasteiger partial charge is 0.305 e. The van der Waals surface area contributed by atoms with Gasteiger partial charge in [0.1, 0.15) is 5.75 Å². The summed E-state index contributed by atoms with van der Waals surface area (Å²) in [5, 5.41) is 17.0. The number of esters is 1. The van der Waals surface area contributed by atoms with Crippen molar-refractivity contribution in [3.8, 4) is 5.75 Å². The number of methoxy groups -OCH3 is 1. The number of aliphatic hydroxyl groups excluding tert-OH is 1. The molecule has 0 radical (unpaired) electrons. The van der Waals surface area contributed by atoms with Crippen LogP contribution in [0.1, 0.15) is 64.5 Å². The maximum atomic E-state index is 11.1. The number of aliphatic hydroxyl groups is 1. The van der Waals surface area contributed by atoms with Gasteiger partial charge in [-0.25, -0.2) is 0 Å². The van der Waals surface area contributed by atoms with Crippen LogP contribution in [0.25, 0.3) is 0 Å². The molecule has 0 spiro atoms. The number of guanidine groups is 1. The first kappa shape index (κ1) is 28.5. The van der Waals surface area contributed by atoms with Gasteiger partial charge in [0.2, 0.25) is 0 Å². The molecule has 1 atom stereocenters. The van der Waals surface area contributed by atoms with Gasteiger partial charge in [0.05, 0.1) is 25.9 Å². The average Bonchev–Trinajstić information content (AvgIpc) is 2.70. The molecule has 0 bridgehead atoms. The predicted molar refractivity (Wildman–Crippen MR) is 132 cm³/mol. The second-order valence-electron chi connectivity index (χ2n) is 7.14. The number of hydrogen-bond acceptors (Lipinski definition) is 5. The minimum Gasteiger partial charge on any atom is -0.491 e. The third-order valence-corrected chi connectivity index (χ3v) is 4.21. The van der Waals surface area contributed by atoms with E-state index in [1.165, 1.54) is 7.11 Å². The first-order valence-electron chi connectivity index (χ1n) is 10.5. The summed E-state index contributed by atoms with van der Waals surface area (Å²) in [6.07, 6.45) is 3.75. The molecule has 0 fully saturated rings. The van der Waals surface area contributed by atoms with Gasteiger partial charge in [-0.05, 0) is 51.3 Å². The summed E-state index contributed by atoms with van der Waals surface area (Å²) < 4.78 is 10.3. The number of unbranched alkanes of at least 4 members (excludes halogenated alkanes) is 3. The fourth-order valence-corrected chi connectivity index (χ4v) is 2.75. The van der Waals surface area contributed by atoms with Crippen LogP contribution >= 0.6 is 24.0 Å². The molecule has 1 rings (SSSR count). The number of aliphatic imine (C=N–C) groups is 1. The Balaban J connectivity index is 0.00000841. The maximum absolute atomic E-state index is 11.1. The number of halogens is 1. The van der Waals surface area contributed by atoms with Crippen LogP contribution in [0.5, 0.6) is 5.75 Å². The molecule has 172 valence electrons. The summed E-state index contributed by atoms with van der Waals surface area (Å²) in [5.74, 6) is 1.29. The summed E-state index contributed by atoms with van der Waals surface area (Å²) in [4.78, 5) is 15.6. The third-order valence-electron chi connectivity index (χ3n) is 4.21. The van der Waals surface area contributed by atoms with Crippen molar-refractivity contribution < 1.29 is 19.4 Å². The lowest BCUT2D eigenvalue weighted by Gasteiger charge is -2.15. The molecule has 0 aliphatic heterocycles. The molecule has 3 N–H and O–H groups in total. The van der Waals surface area contributed by atoms with Crippen molar-refractivity contribution in [2.45, 2.75) is 65.1 Å². The minimum atomic E-state index is -0.695. The fraction of sp³-hybridized carbons (Fsp3) is 0.636. The molecule has 30 heavy (non-hydrogen) atoms. The first-order valence-corrected chi connectivity index (χ1v) is 10.5. The Kier molecular flexibility index (Phi) is 16.3. The topological polar surface area (TPSA) is 92.2 Å². The van der Waals surface area contributed by atoms with Crippen molar-refractivity contribution in [1.29, 1.82) is 0 Å². The molecule has 1 unspecified atom stereocenters. The summed E-state index contributed by atoms with van der Waals surface area (Å²) >= 11 is 0. The molecular weight excluding hydrogens is 497 g/mol. The number of nitrogens with one attached hydrogen (secondary N) is 2. The number of carbonyl (C=O) groups is 1. The molecule has 0 saturated carbocycles. The van der Waals surface area contributed by atoms with Gasteiger partial charge in [-0.1, -0.05) is 25.0 Å². The molecule has 0 heterocycles. The number of ether oxygens (including phenoxy) is 2. The highest BCUT2D eigenvalue weighted by atomic mass is 127. The molecule has 0 aliphatic carbocycles. The van der Waals surface area contributed by atoms with Crippen LogP contribution in [-0.2, 0) is 9.53 Å². The van der Waals surface area contributed by atoms with Gasteiger partial charge in [0.25, 0.3) is 0 Å². The Morgan fingerprint density at radius 3 is 2.57 bits per heavy atom. The Bertz CT molecular complexity index is 626. The molecule has 0 aliphatic rings. The fourth-order valence-electron chi connectivity index (χ4n) is 2.75. The molecule has 1 aromatic carbocycles. The van der Waals surface area contributed by atoms with Crippen LogP contribution in [0.3, 0.4) is 0 Å². The summed E-state index contributed by atoms with van der Waals surface area (Å²) in [6, 6.07) is 7.50. The molecule has 0 amide bonds. The number of rotatable bonds is 13. The van der Waals surface area contributed by atoms with Crippen molar-refractivity contribution >= 4 is 35.9 Å². The van der Waals surface area contributed by atoms with Crippen molar-refractivity contribution in [1.82, 2.24) is 10.6 Å². The highest BCUT2D eigenvalue weighted by Crippen LogP contribution is 2.20. The van der Waals surface area contributed by atoms with Crippen LogP contribution in [-0.4, -0.2) is 49.9 Å². The number of carbonyl (C=O) groups excluding carboxylic acids is 1. The van der Waals surface area contributed by atoms with E-state index in [-0.39, 0.29) is 42.6 Å².